The van der Waals surface area contributed by atoms with Crippen LogP contribution >= 0.6 is 11.3 Å². The summed E-state index contributed by atoms with van der Waals surface area (Å²) in [7, 11) is -2.23. The maximum atomic E-state index is 13.1. The van der Waals surface area contributed by atoms with Gasteiger partial charge < -0.3 is 10.2 Å². The molecule has 1 saturated heterocycles. The molecule has 12 heteroatoms. The Hall–Kier alpha value is -2.31. The zero-order valence-electron chi connectivity index (χ0n) is 18.0. The van der Waals surface area contributed by atoms with Crippen molar-refractivity contribution >= 4 is 38.3 Å². The fourth-order valence-electron chi connectivity index (χ4n) is 4.45. The van der Waals surface area contributed by atoms with Crippen LogP contribution in [0.2, 0.25) is 0 Å². The molecule has 4 rings (SSSR count). The minimum absolute atomic E-state index is 0.0819. The Labute approximate surface area is 191 Å². The number of thiazole rings is 1. The van der Waals surface area contributed by atoms with Crippen LogP contribution in [0, 0.1) is 5.92 Å². The van der Waals surface area contributed by atoms with Crippen molar-refractivity contribution in [2.24, 2.45) is 13.0 Å². The minimum atomic E-state index is -3.87. The summed E-state index contributed by atoms with van der Waals surface area (Å²) in [5, 5.41) is 8.99. The van der Waals surface area contributed by atoms with Crippen molar-refractivity contribution < 1.29 is 18.0 Å². The molecule has 2 aromatic heterocycles. The number of rotatable bonds is 7. The van der Waals surface area contributed by atoms with Gasteiger partial charge in [0.05, 0.1) is 6.54 Å². The molecule has 1 N–H and O–H groups in total. The SMILES string of the molecule is Cn1ccc(S(=O)(=O)N2CCN(C(CC3CCCCC3)C(=O)Nc3nccs3)C(=O)C2)n1. The predicted molar refractivity (Wildman–Crippen MR) is 119 cm³/mol. The van der Waals surface area contributed by atoms with Gasteiger partial charge in [0.1, 0.15) is 6.04 Å². The molecule has 2 amide bonds. The number of nitrogens with one attached hydrogen (secondary N) is 1. The lowest BCUT2D eigenvalue weighted by atomic mass is 9.84. The van der Waals surface area contributed by atoms with Crippen molar-refractivity contribution in [2.45, 2.75) is 49.6 Å². The van der Waals surface area contributed by atoms with Crippen LogP contribution in [0.3, 0.4) is 0 Å². The second-order valence-corrected chi connectivity index (χ2v) is 11.1. The number of anilines is 1. The first-order valence-corrected chi connectivity index (χ1v) is 13.2. The van der Waals surface area contributed by atoms with E-state index in [9.17, 15) is 18.0 Å². The molecule has 1 saturated carbocycles. The van der Waals surface area contributed by atoms with E-state index in [1.54, 1.807) is 29.7 Å². The van der Waals surface area contributed by atoms with Gasteiger partial charge >= 0.3 is 0 Å². The smallest absolute Gasteiger partial charge is 0.262 e. The van der Waals surface area contributed by atoms with Gasteiger partial charge in [-0.25, -0.2) is 13.4 Å². The molecule has 0 radical (unpaired) electrons. The highest BCUT2D eigenvalue weighted by atomic mass is 32.2. The van der Waals surface area contributed by atoms with Crippen molar-refractivity contribution in [3.8, 4) is 0 Å². The Bertz CT molecular complexity index is 1050. The summed E-state index contributed by atoms with van der Waals surface area (Å²) in [5.41, 5.74) is 0. The third-order valence-corrected chi connectivity index (χ3v) is 8.56. The van der Waals surface area contributed by atoms with Gasteiger partial charge in [0, 0.05) is 37.9 Å². The van der Waals surface area contributed by atoms with E-state index in [1.165, 1.54) is 28.5 Å². The van der Waals surface area contributed by atoms with E-state index in [0.29, 0.717) is 17.5 Å². The van der Waals surface area contributed by atoms with Gasteiger partial charge in [-0.15, -0.1) is 11.3 Å². The molecule has 0 spiro atoms. The van der Waals surface area contributed by atoms with Gasteiger partial charge in [-0.05, 0) is 18.4 Å². The number of carbonyl (C=O) groups excluding carboxylic acids is 2. The molecule has 1 aliphatic carbocycles. The number of aryl methyl sites for hydroxylation is 1. The van der Waals surface area contributed by atoms with Gasteiger partial charge in [0.15, 0.2) is 10.2 Å². The molecule has 10 nitrogen and oxygen atoms in total. The second kappa shape index (κ2) is 9.67. The fraction of sp³-hybridized carbons (Fsp3) is 0.600. The highest BCUT2D eigenvalue weighted by Gasteiger charge is 2.39. The number of hydrogen-bond acceptors (Lipinski definition) is 7. The maximum absolute atomic E-state index is 13.1. The van der Waals surface area contributed by atoms with Gasteiger partial charge in [-0.2, -0.15) is 9.40 Å². The molecular weight excluding hydrogens is 452 g/mol. The average molecular weight is 481 g/mol. The topological polar surface area (TPSA) is 118 Å². The highest BCUT2D eigenvalue weighted by Crippen LogP contribution is 2.30. The van der Waals surface area contributed by atoms with E-state index >= 15 is 0 Å². The lowest BCUT2D eigenvalue weighted by molar-refractivity contribution is -0.142. The van der Waals surface area contributed by atoms with Crippen LogP contribution in [0.4, 0.5) is 5.13 Å². The Morgan fingerprint density at radius 1 is 1.28 bits per heavy atom. The van der Waals surface area contributed by atoms with Gasteiger partial charge in [-0.3, -0.25) is 14.3 Å². The Balaban J connectivity index is 1.49. The summed E-state index contributed by atoms with van der Waals surface area (Å²) in [6.07, 6.45) is 9.31. The maximum Gasteiger partial charge on any atom is 0.262 e. The monoisotopic (exact) mass is 480 g/mol. The molecule has 1 atom stereocenters. The summed E-state index contributed by atoms with van der Waals surface area (Å²) in [6.45, 7) is -0.0193. The van der Waals surface area contributed by atoms with Crippen LogP contribution in [0.15, 0.2) is 28.9 Å². The quantitative estimate of drug-likeness (QED) is 0.644. The first kappa shape index (κ1) is 22.9. The number of aromatic nitrogens is 3. The molecular formula is C20H28N6O4S2. The van der Waals surface area contributed by atoms with Crippen LogP contribution in [-0.2, 0) is 26.7 Å². The van der Waals surface area contributed by atoms with E-state index in [2.05, 4.69) is 15.4 Å². The normalized spacial score (nSPS) is 19.8. The summed E-state index contributed by atoms with van der Waals surface area (Å²) in [6, 6.07) is 0.772. The molecule has 0 bridgehead atoms. The summed E-state index contributed by atoms with van der Waals surface area (Å²) in [5.74, 6) is -0.260. The first-order valence-electron chi connectivity index (χ1n) is 10.8. The number of nitrogens with zero attached hydrogens (tertiary/aromatic N) is 5. The van der Waals surface area contributed by atoms with E-state index in [0.717, 1.165) is 30.0 Å². The molecule has 1 aliphatic heterocycles. The molecule has 2 aliphatic rings. The fourth-order valence-corrected chi connectivity index (χ4v) is 6.31. The third kappa shape index (κ3) is 5.02. The predicted octanol–water partition coefficient (Wildman–Crippen LogP) is 1.69. The Kier molecular flexibility index (Phi) is 6.91. The number of sulfonamides is 1. The van der Waals surface area contributed by atoms with E-state index in [-0.39, 0.29) is 36.5 Å². The van der Waals surface area contributed by atoms with E-state index in [4.69, 9.17) is 0 Å². The van der Waals surface area contributed by atoms with Gasteiger partial charge in [-0.1, -0.05) is 32.1 Å². The zero-order chi connectivity index (χ0) is 22.7. The largest absolute Gasteiger partial charge is 0.328 e. The summed E-state index contributed by atoms with van der Waals surface area (Å²) < 4.78 is 28.3. The van der Waals surface area contributed by atoms with Crippen LogP contribution in [0.1, 0.15) is 38.5 Å². The Morgan fingerprint density at radius 2 is 2.06 bits per heavy atom. The third-order valence-electron chi connectivity index (χ3n) is 6.14. The molecule has 3 heterocycles. The second-order valence-electron chi connectivity index (χ2n) is 8.34. The molecule has 32 heavy (non-hydrogen) atoms. The number of hydrogen-bond donors (Lipinski definition) is 1. The van der Waals surface area contributed by atoms with Gasteiger partial charge in [0.2, 0.25) is 11.8 Å². The molecule has 1 unspecified atom stereocenters. The van der Waals surface area contributed by atoms with Crippen LogP contribution < -0.4 is 5.32 Å². The minimum Gasteiger partial charge on any atom is -0.328 e. The number of carbonyl (C=O) groups is 2. The van der Waals surface area contributed by atoms with E-state index in [1.807, 2.05) is 0 Å². The van der Waals surface area contributed by atoms with Crippen molar-refractivity contribution in [1.29, 1.82) is 0 Å². The lowest BCUT2D eigenvalue weighted by Gasteiger charge is -2.39. The molecule has 2 fully saturated rings. The first-order chi connectivity index (χ1) is 15.3. The highest BCUT2D eigenvalue weighted by molar-refractivity contribution is 7.89. The van der Waals surface area contributed by atoms with Crippen LogP contribution in [0.5, 0.6) is 0 Å². The standard InChI is InChI=1S/C20H28N6O4S2/c1-24-9-7-17(23-24)32(29,30)25-10-11-26(18(27)14-25)16(13-15-5-3-2-4-6-15)19(28)22-20-21-8-12-31-20/h7-9,12,15-16H,2-6,10-11,13-14H2,1H3,(H,21,22,28). The van der Waals surface area contributed by atoms with Crippen LogP contribution in [-0.4, -0.2) is 69.9 Å². The van der Waals surface area contributed by atoms with Gasteiger partial charge in [0.25, 0.3) is 10.0 Å². The zero-order valence-corrected chi connectivity index (χ0v) is 19.6. The van der Waals surface area contributed by atoms with Crippen molar-refractivity contribution in [3.63, 3.8) is 0 Å². The molecule has 2 aromatic rings. The average Bonchev–Trinajstić information content (AvgIpc) is 3.45. The molecule has 0 aromatic carbocycles. The summed E-state index contributed by atoms with van der Waals surface area (Å²) in [4.78, 5) is 31.9. The summed E-state index contributed by atoms with van der Waals surface area (Å²) >= 11 is 1.32. The van der Waals surface area contributed by atoms with Crippen molar-refractivity contribution in [2.75, 3.05) is 25.0 Å². The van der Waals surface area contributed by atoms with E-state index < -0.39 is 16.1 Å². The number of amides is 2. The molecule has 174 valence electrons. The lowest BCUT2D eigenvalue weighted by Crippen LogP contribution is -2.58. The van der Waals surface area contributed by atoms with Crippen molar-refractivity contribution in [3.05, 3.63) is 23.8 Å². The van der Waals surface area contributed by atoms with Crippen molar-refractivity contribution in [1.82, 2.24) is 24.0 Å². The number of piperazine rings is 1. The van der Waals surface area contributed by atoms with Crippen LogP contribution in [0.25, 0.3) is 0 Å². The Morgan fingerprint density at radius 3 is 2.69 bits per heavy atom.